The quantitative estimate of drug-likeness (QED) is 0.732. The van der Waals surface area contributed by atoms with Crippen LogP contribution in [-0.2, 0) is 9.59 Å². The van der Waals surface area contributed by atoms with Gasteiger partial charge in [0.05, 0.1) is 6.54 Å². The Labute approximate surface area is 97.2 Å². The van der Waals surface area contributed by atoms with Gasteiger partial charge in [0.2, 0.25) is 0 Å². The minimum absolute atomic E-state index is 0.311. The fourth-order valence-electron chi connectivity index (χ4n) is 2.73. The molecular weight excluding hydrogens is 202 g/mol. The number of carbonyl (C=O) groups excluding carboxylic acids is 2. The number of piperidine rings is 1. The van der Waals surface area contributed by atoms with Gasteiger partial charge in [-0.1, -0.05) is 19.3 Å². The van der Waals surface area contributed by atoms with Gasteiger partial charge in [-0.25, -0.2) is 0 Å². The first-order chi connectivity index (χ1) is 7.75. The minimum Gasteiger partial charge on any atom is -0.300 e. The molecule has 0 atom stereocenters. The van der Waals surface area contributed by atoms with Gasteiger partial charge in [-0.15, -0.1) is 0 Å². The Morgan fingerprint density at radius 2 is 1.75 bits per heavy atom. The molecule has 0 unspecified atom stereocenters. The SMILES string of the molecule is O=C1CCN(CC(=O)C2CCCCC2)CC1. The third-order valence-electron chi connectivity index (χ3n) is 3.85. The van der Waals surface area contributed by atoms with Gasteiger partial charge in [-0.3, -0.25) is 14.5 Å². The number of ketones is 2. The Hall–Kier alpha value is -0.700. The summed E-state index contributed by atoms with van der Waals surface area (Å²) in [6.45, 7) is 2.16. The summed E-state index contributed by atoms with van der Waals surface area (Å²) in [5.74, 6) is 1.07. The average molecular weight is 223 g/mol. The highest BCUT2D eigenvalue weighted by Crippen LogP contribution is 2.24. The van der Waals surface area contributed by atoms with Crippen molar-refractivity contribution in [2.75, 3.05) is 19.6 Å². The van der Waals surface area contributed by atoms with E-state index < -0.39 is 0 Å². The third kappa shape index (κ3) is 3.14. The fourth-order valence-corrected chi connectivity index (χ4v) is 2.73. The highest BCUT2D eigenvalue weighted by Gasteiger charge is 2.24. The molecular formula is C13H21NO2. The molecule has 1 aliphatic carbocycles. The van der Waals surface area contributed by atoms with Crippen molar-refractivity contribution in [2.24, 2.45) is 5.92 Å². The van der Waals surface area contributed by atoms with Crippen molar-refractivity contribution in [1.29, 1.82) is 0 Å². The van der Waals surface area contributed by atoms with E-state index in [0.717, 1.165) is 25.9 Å². The van der Waals surface area contributed by atoms with Crippen molar-refractivity contribution in [2.45, 2.75) is 44.9 Å². The zero-order valence-corrected chi connectivity index (χ0v) is 9.91. The first kappa shape index (κ1) is 11.8. The molecule has 2 fully saturated rings. The Bertz CT molecular complexity index is 259. The summed E-state index contributed by atoms with van der Waals surface area (Å²) in [7, 11) is 0. The van der Waals surface area contributed by atoms with Gasteiger partial charge in [0.25, 0.3) is 0 Å². The molecule has 0 radical (unpaired) electrons. The normalized spacial score (nSPS) is 24.6. The number of hydrogen-bond donors (Lipinski definition) is 0. The van der Waals surface area contributed by atoms with E-state index in [9.17, 15) is 9.59 Å². The molecule has 0 bridgehead atoms. The number of rotatable bonds is 3. The Kier molecular flexibility index (Phi) is 4.10. The molecule has 2 rings (SSSR count). The number of hydrogen-bond acceptors (Lipinski definition) is 3. The lowest BCUT2D eigenvalue weighted by Crippen LogP contribution is -2.39. The van der Waals surface area contributed by atoms with Crippen LogP contribution in [0.15, 0.2) is 0 Å². The second-order valence-electron chi connectivity index (χ2n) is 5.12. The molecule has 0 N–H and O–H groups in total. The zero-order valence-electron chi connectivity index (χ0n) is 9.91. The van der Waals surface area contributed by atoms with Crippen LogP contribution in [-0.4, -0.2) is 36.1 Å². The molecule has 1 saturated carbocycles. The minimum atomic E-state index is 0.311. The largest absolute Gasteiger partial charge is 0.300 e. The van der Waals surface area contributed by atoms with Crippen LogP contribution < -0.4 is 0 Å². The Morgan fingerprint density at radius 1 is 1.12 bits per heavy atom. The van der Waals surface area contributed by atoms with Gasteiger partial charge in [0.15, 0.2) is 0 Å². The van der Waals surface area contributed by atoms with E-state index >= 15 is 0 Å². The highest BCUT2D eigenvalue weighted by atomic mass is 16.1. The molecule has 0 amide bonds. The van der Waals surface area contributed by atoms with Crippen LogP contribution in [0.1, 0.15) is 44.9 Å². The van der Waals surface area contributed by atoms with E-state index in [0.29, 0.717) is 36.9 Å². The highest BCUT2D eigenvalue weighted by molar-refractivity contribution is 5.84. The Morgan fingerprint density at radius 3 is 2.38 bits per heavy atom. The lowest BCUT2D eigenvalue weighted by Gasteiger charge is -2.28. The number of nitrogens with zero attached hydrogens (tertiary/aromatic N) is 1. The second-order valence-corrected chi connectivity index (χ2v) is 5.12. The van der Waals surface area contributed by atoms with Crippen LogP contribution in [0.5, 0.6) is 0 Å². The monoisotopic (exact) mass is 223 g/mol. The average Bonchev–Trinajstić information content (AvgIpc) is 2.33. The van der Waals surface area contributed by atoms with Gasteiger partial charge in [0.1, 0.15) is 11.6 Å². The molecule has 90 valence electrons. The standard InChI is InChI=1S/C13H21NO2/c15-12-6-8-14(9-7-12)10-13(16)11-4-2-1-3-5-11/h11H,1-10H2. The first-order valence-electron chi connectivity index (χ1n) is 6.52. The molecule has 1 heterocycles. The van der Waals surface area contributed by atoms with Crippen molar-refractivity contribution < 1.29 is 9.59 Å². The molecule has 0 aromatic heterocycles. The lowest BCUT2D eigenvalue weighted by molar-refractivity contribution is -0.127. The number of carbonyl (C=O) groups is 2. The number of likely N-dealkylation sites (tertiary alicyclic amines) is 1. The molecule has 2 aliphatic rings. The van der Waals surface area contributed by atoms with Crippen LogP contribution >= 0.6 is 0 Å². The van der Waals surface area contributed by atoms with Crippen molar-refractivity contribution in [3.05, 3.63) is 0 Å². The predicted molar refractivity (Wildman–Crippen MR) is 62.3 cm³/mol. The van der Waals surface area contributed by atoms with E-state index in [1.165, 1.54) is 19.3 Å². The van der Waals surface area contributed by atoms with E-state index in [-0.39, 0.29) is 0 Å². The zero-order chi connectivity index (χ0) is 11.4. The summed E-state index contributed by atoms with van der Waals surface area (Å²) in [4.78, 5) is 25.3. The van der Waals surface area contributed by atoms with E-state index in [1.54, 1.807) is 0 Å². The summed E-state index contributed by atoms with van der Waals surface area (Å²) in [5.41, 5.74) is 0. The second kappa shape index (κ2) is 5.58. The van der Waals surface area contributed by atoms with Crippen molar-refractivity contribution in [1.82, 2.24) is 4.90 Å². The number of Topliss-reactive ketones (excluding diaryl/α,β-unsaturated/α-hetero) is 2. The van der Waals surface area contributed by atoms with Gasteiger partial charge < -0.3 is 0 Å². The van der Waals surface area contributed by atoms with Crippen LogP contribution in [0.3, 0.4) is 0 Å². The van der Waals surface area contributed by atoms with Gasteiger partial charge in [0, 0.05) is 31.8 Å². The maximum absolute atomic E-state index is 12.0. The molecule has 1 aliphatic heterocycles. The summed E-state index contributed by atoms with van der Waals surface area (Å²) in [5, 5.41) is 0. The van der Waals surface area contributed by atoms with E-state index in [2.05, 4.69) is 4.90 Å². The van der Waals surface area contributed by atoms with Crippen molar-refractivity contribution in [3.8, 4) is 0 Å². The topological polar surface area (TPSA) is 37.4 Å². The maximum atomic E-state index is 12.0. The van der Waals surface area contributed by atoms with Crippen molar-refractivity contribution in [3.63, 3.8) is 0 Å². The molecule has 1 saturated heterocycles. The molecule has 0 aromatic rings. The maximum Gasteiger partial charge on any atom is 0.149 e. The summed E-state index contributed by atoms with van der Waals surface area (Å²) >= 11 is 0. The van der Waals surface area contributed by atoms with Gasteiger partial charge in [-0.05, 0) is 12.8 Å². The molecule has 0 spiro atoms. The van der Waals surface area contributed by atoms with Crippen LogP contribution in [0.25, 0.3) is 0 Å². The van der Waals surface area contributed by atoms with E-state index in [1.807, 2.05) is 0 Å². The predicted octanol–water partition coefficient (Wildman–Crippen LogP) is 1.80. The third-order valence-corrected chi connectivity index (χ3v) is 3.85. The Balaban J connectivity index is 1.75. The smallest absolute Gasteiger partial charge is 0.149 e. The van der Waals surface area contributed by atoms with Crippen LogP contribution in [0.2, 0.25) is 0 Å². The molecule has 3 nitrogen and oxygen atoms in total. The summed E-state index contributed by atoms with van der Waals surface area (Å²) in [6.07, 6.45) is 7.18. The van der Waals surface area contributed by atoms with Crippen molar-refractivity contribution >= 4 is 11.6 Å². The van der Waals surface area contributed by atoms with Crippen LogP contribution in [0, 0.1) is 5.92 Å². The van der Waals surface area contributed by atoms with E-state index in [4.69, 9.17) is 0 Å². The molecule has 16 heavy (non-hydrogen) atoms. The molecule has 0 aromatic carbocycles. The first-order valence-corrected chi connectivity index (χ1v) is 6.52. The van der Waals surface area contributed by atoms with Gasteiger partial charge >= 0.3 is 0 Å². The lowest BCUT2D eigenvalue weighted by atomic mass is 9.86. The van der Waals surface area contributed by atoms with Gasteiger partial charge in [-0.2, -0.15) is 0 Å². The fraction of sp³-hybridized carbons (Fsp3) is 0.846. The molecule has 3 heteroatoms. The van der Waals surface area contributed by atoms with Crippen LogP contribution in [0.4, 0.5) is 0 Å². The summed E-state index contributed by atoms with van der Waals surface area (Å²) < 4.78 is 0. The summed E-state index contributed by atoms with van der Waals surface area (Å²) in [6, 6.07) is 0.